The molecule has 0 unspecified atom stereocenters. The molecule has 4 nitrogen and oxygen atoms in total. The lowest BCUT2D eigenvalue weighted by atomic mass is 10.1. The van der Waals surface area contributed by atoms with E-state index in [0.29, 0.717) is 25.1 Å². The van der Waals surface area contributed by atoms with Gasteiger partial charge >= 0.3 is 0 Å². The van der Waals surface area contributed by atoms with Crippen molar-refractivity contribution in [3.05, 3.63) is 35.4 Å². The molecular weight excluding hydrogens is 252 g/mol. The van der Waals surface area contributed by atoms with E-state index in [9.17, 15) is 8.78 Å². The van der Waals surface area contributed by atoms with Crippen LogP contribution in [0.2, 0.25) is 0 Å². The van der Waals surface area contributed by atoms with Gasteiger partial charge in [-0.25, -0.2) is 8.78 Å². The van der Waals surface area contributed by atoms with Gasteiger partial charge in [0.1, 0.15) is 17.5 Å². The van der Waals surface area contributed by atoms with Crippen molar-refractivity contribution in [1.29, 1.82) is 0 Å². The summed E-state index contributed by atoms with van der Waals surface area (Å²) in [6.07, 6.45) is 0.386. The van der Waals surface area contributed by atoms with Crippen LogP contribution in [0.1, 0.15) is 25.8 Å². The van der Waals surface area contributed by atoms with Gasteiger partial charge in [0, 0.05) is 37.2 Å². The highest BCUT2D eigenvalue weighted by atomic mass is 19.1. The van der Waals surface area contributed by atoms with E-state index < -0.39 is 11.6 Å². The van der Waals surface area contributed by atoms with Crippen LogP contribution in [0.5, 0.6) is 0 Å². The van der Waals surface area contributed by atoms with Crippen molar-refractivity contribution >= 4 is 5.84 Å². The van der Waals surface area contributed by atoms with Gasteiger partial charge in [0.25, 0.3) is 0 Å². The van der Waals surface area contributed by atoms with Crippen LogP contribution in [-0.2, 0) is 6.54 Å². The third-order valence-electron chi connectivity index (χ3n) is 2.90. The Morgan fingerprint density at radius 1 is 1.42 bits per heavy atom. The Kier molecular flexibility index (Phi) is 5.69. The van der Waals surface area contributed by atoms with Crippen molar-refractivity contribution < 1.29 is 14.0 Å². The minimum absolute atomic E-state index is 0.130. The molecule has 0 aliphatic heterocycles. The molecule has 0 fully saturated rings. The highest BCUT2D eigenvalue weighted by molar-refractivity contribution is 5.79. The minimum Gasteiger partial charge on any atom is -0.409 e. The number of hydrogen-bond acceptors (Lipinski definition) is 3. The Morgan fingerprint density at radius 3 is 2.63 bits per heavy atom. The van der Waals surface area contributed by atoms with Gasteiger partial charge in [-0.15, -0.1) is 0 Å². The minimum atomic E-state index is -0.589. The van der Waals surface area contributed by atoms with Gasteiger partial charge in [0.05, 0.1) is 0 Å². The maximum atomic E-state index is 13.6. The second-order valence-corrected chi connectivity index (χ2v) is 4.64. The van der Waals surface area contributed by atoms with Gasteiger partial charge in [0.15, 0.2) is 0 Å². The monoisotopic (exact) mass is 271 g/mol. The molecule has 0 aliphatic rings. The average Bonchev–Trinajstić information content (AvgIpc) is 2.35. The molecule has 0 bridgehead atoms. The van der Waals surface area contributed by atoms with Crippen molar-refractivity contribution in [2.75, 3.05) is 6.54 Å². The zero-order chi connectivity index (χ0) is 14.4. The molecule has 0 amide bonds. The molecule has 3 N–H and O–H groups in total. The van der Waals surface area contributed by atoms with Crippen LogP contribution in [0.15, 0.2) is 23.4 Å². The van der Waals surface area contributed by atoms with Gasteiger partial charge in [0.2, 0.25) is 0 Å². The molecule has 0 saturated carbocycles. The fraction of sp³-hybridized carbons (Fsp3) is 0.462. The normalized spacial score (nSPS) is 12.4. The first-order valence-corrected chi connectivity index (χ1v) is 6.08. The third-order valence-corrected chi connectivity index (χ3v) is 2.90. The van der Waals surface area contributed by atoms with Crippen LogP contribution in [0.25, 0.3) is 0 Å². The fourth-order valence-electron chi connectivity index (χ4n) is 1.70. The van der Waals surface area contributed by atoms with E-state index in [-0.39, 0.29) is 11.9 Å². The SMILES string of the molecule is CC(C)N(CC/C(N)=N/O)Cc1ccc(F)cc1F. The molecular formula is C13H19F2N3O. The Balaban J connectivity index is 2.72. The first-order valence-electron chi connectivity index (χ1n) is 6.08. The Bertz CT molecular complexity index is 450. The number of hydrogen-bond donors (Lipinski definition) is 2. The summed E-state index contributed by atoms with van der Waals surface area (Å²) < 4.78 is 26.4. The number of oxime groups is 1. The molecule has 0 aliphatic carbocycles. The van der Waals surface area contributed by atoms with Crippen LogP contribution in [0.4, 0.5) is 8.78 Å². The summed E-state index contributed by atoms with van der Waals surface area (Å²) in [7, 11) is 0. The first kappa shape index (κ1) is 15.4. The number of halogens is 2. The summed E-state index contributed by atoms with van der Waals surface area (Å²) in [6.45, 7) is 4.81. The topological polar surface area (TPSA) is 61.8 Å². The highest BCUT2D eigenvalue weighted by Crippen LogP contribution is 2.14. The molecule has 0 aromatic heterocycles. The molecule has 19 heavy (non-hydrogen) atoms. The van der Waals surface area contributed by atoms with Crippen LogP contribution < -0.4 is 5.73 Å². The van der Waals surface area contributed by atoms with Crippen molar-refractivity contribution in [2.24, 2.45) is 10.9 Å². The summed E-state index contributed by atoms with van der Waals surface area (Å²) in [6, 6.07) is 3.71. The largest absolute Gasteiger partial charge is 0.409 e. The van der Waals surface area contributed by atoms with Crippen LogP contribution in [-0.4, -0.2) is 28.5 Å². The van der Waals surface area contributed by atoms with Gasteiger partial charge in [-0.2, -0.15) is 0 Å². The number of benzene rings is 1. The summed E-state index contributed by atoms with van der Waals surface area (Å²) >= 11 is 0. The smallest absolute Gasteiger partial charge is 0.140 e. The maximum Gasteiger partial charge on any atom is 0.140 e. The second kappa shape index (κ2) is 7.04. The molecule has 0 spiro atoms. The zero-order valence-corrected chi connectivity index (χ0v) is 11.1. The molecule has 0 heterocycles. The Hall–Kier alpha value is -1.69. The van der Waals surface area contributed by atoms with Gasteiger partial charge in [-0.3, -0.25) is 4.90 Å². The van der Waals surface area contributed by atoms with E-state index in [4.69, 9.17) is 10.9 Å². The first-order chi connectivity index (χ1) is 8.93. The van der Waals surface area contributed by atoms with Gasteiger partial charge in [-0.1, -0.05) is 11.2 Å². The Labute approximate surface area is 111 Å². The average molecular weight is 271 g/mol. The second-order valence-electron chi connectivity index (χ2n) is 4.64. The van der Waals surface area contributed by atoms with Gasteiger partial charge in [-0.05, 0) is 19.9 Å². The third kappa shape index (κ3) is 4.82. The fourth-order valence-corrected chi connectivity index (χ4v) is 1.70. The van der Waals surface area contributed by atoms with Crippen molar-refractivity contribution in [2.45, 2.75) is 32.9 Å². The van der Waals surface area contributed by atoms with Crippen LogP contribution >= 0.6 is 0 Å². The number of amidine groups is 1. The molecule has 6 heteroatoms. The molecule has 0 saturated heterocycles. The highest BCUT2D eigenvalue weighted by Gasteiger charge is 2.13. The summed E-state index contributed by atoms with van der Waals surface area (Å²) in [4.78, 5) is 1.97. The zero-order valence-electron chi connectivity index (χ0n) is 11.1. The number of rotatable bonds is 6. The van der Waals surface area contributed by atoms with Crippen LogP contribution in [0.3, 0.4) is 0 Å². The van der Waals surface area contributed by atoms with Gasteiger partial charge < -0.3 is 10.9 Å². The Morgan fingerprint density at radius 2 is 2.11 bits per heavy atom. The lowest BCUT2D eigenvalue weighted by molar-refractivity contribution is 0.215. The van der Waals surface area contributed by atoms with E-state index in [2.05, 4.69) is 5.16 Å². The summed E-state index contributed by atoms with van der Waals surface area (Å²) in [5.74, 6) is -1.02. The van der Waals surface area contributed by atoms with E-state index in [1.807, 2.05) is 18.7 Å². The van der Waals surface area contributed by atoms with Crippen LogP contribution in [0, 0.1) is 11.6 Å². The molecule has 106 valence electrons. The lowest BCUT2D eigenvalue weighted by Gasteiger charge is -2.26. The summed E-state index contributed by atoms with van der Waals surface area (Å²) in [5.41, 5.74) is 5.84. The number of nitrogens with two attached hydrogens (primary N) is 1. The molecule has 0 atom stereocenters. The van der Waals surface area contributed by atoms with E-state index >= 15 is 0 Å². The van der Waals surface area contributed by atoms with Crippen molar-refractivity contribution in [3.63, 3.8) is 0 Å². The molecule has 1 rings (SSSR count). The van der Waals surface area contributed by atoms with E-state index in [1.165, 1.54) is 12.1 Å². The maximum absolute atomic E-state index is 13.6. The quantitative estimate of drug-likeness (QED) is 0.361. The lowest BCUT2D eigenvalue weighted by Crippen LogP contribution is -2.33. The number of nitrogens with zero attached hydrogens (tertiary/aromatic N) is 2. The molecule has 1 aromatic rings. The standard InChI is InChI=1S/C13H19F2N3O/c1-9(2)18(6-5-13(16)17-19)8-10-3-4-11(14)7-12(10)15/h3-4,7,9,19H,5-6,8H2,1-2H3,(H2,16,17). The molecule has 1 aromatic carbocycles. The molecule has 0 radical (unpaired) electrons. The predicted octanol–water partition coefficient (Wildman–Crippen LogP) is 2.31. The van der Waals surface area contributed by atoms with E-state index in [1.54, 1.807) is 0 Å². The van der Waals surface area contributed by atoms with E-state index in [0.717, 1.165) is 6.07 Å². The van der Waals surface area contributed by atoms with Crippen molar-refractivity contribution in [3.8, 4) is 0 Å². The van der Waals surface area contributed by atoms with Crippen molar-refractivity contribution in [1.82, 2.24) is 4.90 Å². The predicted molar refractivity (Wildman–Crippen MR) is 69.9 cm³/mol. The summed E-state index contributed by atoms with van der Waals surface area (Å²) in [5, 5.41) is 11.4.